The Bertz CT molecular complexity index is 399. The maximum Gasteiger partial charge on any atom is 0.0534 e. The predicted molar refractivity (Wildman–Crippen MR) is 83.6 cm³/mol. The fourth-order valence-electron chi connectivity index (χ4n) is 3.07. The van der Waals surface area contributed by atoms with Gasteiger partial charge in [0.2, 0.25) is 0 Å². The molecule has 2 heterocycles. The number of nitrogens with one attached hydrogen (secondary N) is 1. The normalized spacial score (nSPS) is 24.4. The van der Waals surface area contributed by atoms with Crippen LogP contribution in [0.15, 0.2) is 12.4 Å². The molecule has 4 heteroatoms. The molecule has 1 fully saturated rings. The summed E-state index contributed by atoms with van der Waals surface area (Å²) < 4.78 is 2.02. The minimum Gasteiger partial charge on any atom is -0.311 e. The van der Waals surface area contributed by atoms with Crippen LogP contribution in [0.3, 0.4) is 0 Å². The molecule has 2 atom stereocenters. The van der Waals surface area contributed by atoms with Gasteiger partial charge in [-0.25, -0.2) is 0 Å². The van der Waals surface area contributed by atoms with Gasteiger partial charge in [0, 0.05) is 50.0 Å². The molecule has 1 N–H and O–H groups in total. The molecule has 1 saturated heterocycles. The van der Waals surface area contributed by atoms with E-state index in [0.29, 0.717) is 12.1 Å². The highest BCUT2D eigenvalue weighted by Crippen LogP contribution is 2.19. The molecule has 1 aromatic heterocycles. The number of piperazine rings is 1. The first-order valence-electron chi connectivity index (χ1n) is 8.11. The van der Waals surface area contributed by atoms with Gasteiger partial charge in [-0.3, -0.25) is 9.58 Å². The topological polar surface area (TPSA) is 33.1 Å². The molecule has 0 bridgehead atoms. The molecule has 1 aromatic rings. The van der Waals surface area contributed by atoms with Crippen LogP contribution >= 0.6 is 0 Å². The Morgan fingerprint density at radius 2 is 2.20 bits per heavy atom. The average Bonchev–Trinajstić information content (AvgIpc) is 2.88. The highest BCUT2D eigenvalue weighted by molar-refractivity contribution is 5.05. The van der Waals surface area contributed by atoms with Crippen molar-refractivity contribution >= 4 is 0 Å². The van der Waals surface area contributed by atoms with E-state index in [9.17, 15) is 0 Å². The van der Waals surface area contributed by atoms with Crippen molar-refractivity contribution in [1.82, 2.24) is 20.0 Å². The van der Waals surface area contributed by atoms with E-state index in [-0.39, 0.29) is 0 Å². The molecule has 0 spiro atoms. The molecule has 0 saturated carbocycles. The largest absolute Gasteiger partial charge is 0.311 e. The first-order valence-corrected chi connectivity index (χ1v) is 8.11. The summed E-state index contributed by atoms with van der Waals surface area (Å²) in [6.07, 6.45) is 6.69. The predicted octanol–water partition coefficient (Wildman–Crippen LogP) is 2.50. The van der Waals surface area contributed by atoms with E-state index in [0.717, 1.165) is 32.1 Å². The summed E-state index contributed by atoms with van der Waals surface area (Å²) in [6.45, 7) is 13.3. The van der Waals surface area contributed by atoms with Crippen LogP contribution < -0.4 is 5.32 Å². The van der Waals surface area contributed by atoms with Crippen LogP contribution in [-0.4, -0.2) is 39.9 Å². The number of aryl methyl sites for hydroxylation is 1. The molecule has 0 amide bonds. The van der Waals surface area contributed by atoms with Crippen LogP contribution in [0.1, 0.15) is 46.1 Å². The highest BCUT2D eigenvalue weighted by Gasteiger charge is 2.27. The van der Waals surface area contributed by atoms with Gasteiger partial charge in [-0.05, 0) is 25.7 Å². The summed E-state index contributed by atoms with van der Waals surface area (Å²) in [5.41, 5.74) is 1.34. The van der Waals surface area contributed by atoms with Gasteiger partial charge in [-0.1, -0.05) is 20.8 Å². The van der Waals surface area contributed by atoms with Crippen LogP contribution in [-0.2, 0) is 13.1 Å². The molecule has 4 nitrogen and oxygen atoms in total. The molecular formula is C16H30N4. The lowest BCUT2D eigenvalue weighted by molar-refractivity contribution is 0.105. The summed E-state index contributed by atoms with van der Waals surface area (Å²) in [7, 11) is 0. The number of aromatic nitrogens is 2. The Kier molecular flexibility index (Phi) is 5.61. The van der Waals surface area contributed by atoms with Crippen molar-refractivity contribution in [2.45, 2.75) is 65.7 Å². The second kappa shape index (κ2) is 7.23. The van der Waals surface area contributed by atoms with E-state index >= 15 is 0 Å². The average molecular weight is 278 g/mol. The summed E-state index contributed by atoms with van der Waals surface area (Å²) >= 11 is 0. The molecule has 0 radical (unpaired) electrons. The van der Waals surface area contributed by atoms with Crippen LogP contribution in [0.4, 0.5) is 0 Å². The minimum atomic E-state index is 0.639. The van der Waals surface area contributed by atoms with Crippen molar-refractivity contribution in [2.75, 3.05) is 13.1 Å². The van der Waals surface area contributed by atoms with Crippen LogP contribution in [0.25, 0.3) is 0 Å². The maximum absolute atomic E-state index is 4.40. The zero-order valence-electron chi connectivity index (χ0n) is 13.5. The highest BCUT2D eigenvalue weighted by atomic mass is 15.3. The third-order valence-corrected chi connectivity index (χ3v) is 4.25. The minimum absolute atomic E-state index is 0.639. The van der Waals surface area contributed by atoms with Crippen molar-refractivity contribution in [3.05, 3.63) is 18.0 Å². The molecule has 0 aliphatic carbocycles. The molecular weight excluding hydrogens is 248 g/mol. The smallest absolute Gasteiger partial charge is 0.0534 e. The van der Waals surface area contributed by atoms with Gasteiger partial charge >= 0.3 is 0 Å². The van der Waals surface area contributed by atoms with Gasteiger partial charge in [0.15, 0.2) is 0 Å². The van der Waals surface area contributed by atoms with Gasteiger partial charge in [0.25, 0.3) is 0 Å². The summed E-state index contributed by atoms with van der Waals surface area (Å²) in [5.74, 6) is 0.751. The van der Waals surface area contributed by atoms with Crippen molar-refractivity contribution in [3.8, 4) is 0 Å². The summed E-state index contributed by atoms with van der Waals surface area (Å²) in [5, 5.41) is 8.09. The Balaban J connectivity index is 2.01. The zero-order valence-corrected chi connectivity index (χ0v) is 13.5. The molecule has 20 heavy (non-hydrogen) atoms. The van der Waals surface area contributed by atoms with Gasteiger partial charge in [-0.15, -0.1) is 0 Å². The fraction of sp³-hybridized carbons (Fsp3) is 0.812. The van der Waals surface area contributed by atoms with Crippen LogP contribution in [0.5, 0.6) is 0 Å². The molecule has 1 aliphatic heterocycles. The van der Waals surface area contributed by atoms with E-state index < -0.39 is 0 Å². The summed E-state index contributed by atoms with van der Waals surface area (Å²) in [6, 6.07) is 1.29. The van der Waals surface area contributed by atoms with E-state index in [1.807, 2.05) is 10.9 Å². The molecule has 1 aliphatic rings. The molecule has 114 valence electrons. The Morgan fingerprint density at radius 1 is 1.40 bits per heavy atom. The lowest BCUT2D eigenvalue weighted by Crippen LogP contribution is -2.56. The number of rotatable bonds is 6. The first kappa shape index (κ1) is 15.5. The Morgan fingerprint density at radius 3 is 2.80 bits per heavy atom. The van der Waals surface area contributed by atoms with Crippen molar-refractivity contribution in [1.29, 1.82) is 0 Å². The Hall–Kier alpha value is -0.870. The van der Waals surface area contributed by atoms with E-state index in [1.54, 1.807) is 0 Å². The SMILES string of the molecule is CCC1CN(Cc2cnn(CC)c2)C(CC(C)C)CN1. The quantitative estimate of drug-likeness (QED) is 0.868. The first-order chi connectivity index (χ1) is 9.62. The van der Waals surface area contributed by atoms with E-state index in [4.69, 9.17) is 0 Å². The van der Waals surface area contributed by atoms with Crippen molar-refractivity contribution in [3.63, 3.8) is 0 Å². The third-order valence-electron chi connectivity index (χ3n) is 4.25. The van der Waals surface area contributed by atoms with E-state index in [1.165, 1.54) is 18.4 Å². The van der Waals surface area contributed by atoms with Gasteiger partial charge in [0.1, 0.15) is 0 Å². The molecule has 0 aromatic carbocycles. The molecule has 2 rings (SSSR count). The third kappa shape index (κ3) is 4.06. The second-order valence-electron chi connectivity index (χ2n) is 6.43. The van der Waals surface area contributed by atoms with E-state index in [2.05, 4.69) is 49.2 Å². The second-order valence-corrected chi connectivity index (χ2v) is 6.43. The fourth-order valence-corrected chi connectivity index (χ4v) is 3.07. The van der Waals surface area contributed by atoms with Crippen LogP contribution in [0.2, 0.25) is 0 Å². The van der Waals surface area contributed by atoms with Crippen molar-refractivity contribution < 1.29 is 0 Å². The zero-order chi connectivity index (χ0) is 14.5. The number of nitrogens with zero attached hydrogens (tertiary/aromatic N) is 3. The molecule has 2 unspecified atom stereocenters. The standard InChI is InChI=1S/C16H30N4/c1-5-15-12-19(16(9-17-15)7-13(3)4)10-14-8-18-20(6-2)11-14/h8,11,13,15-17H,5-7,9-10,12H2,1-4H3. The maximum atomic E-state index is 4.40. The van der Waals surface area contributed by atoms with Crippen molar-refractivity contribution in [2.24, 2.45) is 5.92 Å². The summed E-state index contributed by atoms with van der Waals surface area (Å²) in [4.78, 5) is 2.65. The number of hydrogen-bond acceptors (Lipinski definition) is 3. The van der Waals surface area contributed by atoms with Gasteiger partial charge in [-0.2, -0.15) is 5.10 Å². The monoisotopic (exact) mass is 278 g/mol. The number of hydrogen-bond donors (Lipinski definition) is 1. The lowest BCUT2D eigenvalue weighted by atomic mass is 9.98. The lowest BCUT2D eigenvalue weighted by Gasteiger charge is -2.41. The van der Waals surface area contributed by atoms with Crippen LogP contribution in [0, 0.1) is 5.92 Å². The van der Waals surface area contributed by atoms with Gasteiger partial charge in [0.05, 0.1) is 6.20 Å². The Labute approximate surface area is 123 Å². The van der Waals surface area contributed by atoms with Gasteiger partial charge < -0.3 is 5.32 Å².